The fourth-order valence-electron chi connectivity index (χ4n) is 2.58. The zero-order valence-electron chi connectivity index (χ0n) is 14.2. The first-order valence-corrected chi connectivity index (χ1v) is 8.08. The summed E-state index contributed by atoms with van der Waals surface area (Å²) in [4.78, 5) is 6.69. The number of guanidine groups is 1. The molecular formula is C17H29IN4O. The first-order chi connectivity index (χ1) is 10.8. The molecule has 0 aromatic heterocycles. The molecular weight excluding hydrogens is 403 g/mol. The maximum absolute atomic E-state index is 5.35. The van der Waals surface area contributed by atoms with Gasteiger partial charge in [0.1, 0.15) is 0 Å². The number of hydrogen-bond donors (Lipinski definition) is 2. The summed E-state index contributed by atoms with van der Waals surface area (Å²) < 4.78 is 5.35. The first-order valence-electron chi connectivity index (χ1n) is 8.08. The maximum Gasteiger partial charge on any atom is 0.191 e. The quantitative estimate of drug-likeness (QED) is 0.408. The molecule has 1 aliphatic rings. The van der Waals surface area contributed by atoms with Gasteiger partial charge in [0.25, 0.3) is 0 Å². The predicted molar refractivity (Wildman–Crippen MR) is 107 cm³/mol. The van der Waals surface area contributed by atoms with Crippen LogP contribution in [-0.2, 0) is 11.2 Å². The third kappa shape index (κ3) is 7.50. The van der Waals surface area contributed by atoms with Gasteiger partial charge in [0.15, 0.2) is 5.96 Å². The van der Waals surface area contributed by atoms with E-state index in [2.05, 4.69) is 51.7 Å². The van der Waals surface area contributed by atoms with Gasteiger partial charge in [0.05, 0.1) is 13.2 Å². The Balaban J connectivity index is 0.00000264. The van der Waals surface area contributed by atoms with Gasteiger partial charge in [-0.3, -0.25) is 9.89 Å². The van der Waals surface area contributed by atoms with Crippen molar-refractivity contribution in [1.82, 2.24) is 15.5 Å². The fourth-order valence-corrected chi connectivity index (χ4v) is 2.58. The third-order valence-corrected chi connectivity index (χ3v) is 4.00. The van der Waals surface area contributed by atoms with Crippen LogP contribution >= 0.6 is 24.0 Å². The van der Waals surface area contributed by atoms with Gasteiger partial charge in [0.2, 0.25) is 0 Å². The highest BCUT2D eigenvalue weighted by molar-refractivity contribution is 14.0. The van der Waals surface area contributed by atoms with Gasteiger partial charge in [-0.05, 0) is 24.5 Å². The second-order valence-electron chi connectivity index (χ2n) is 5.56. The molecule has 1 fully saturated rings. The molecule has 0 unspecified atom stereocenters. The number of aryl methyl sites for hydroxylation is 1. The van der Waals surface area contributed by atoms with Crippen molar-refractivity contribution in [3.8, 4) is 0 Å². The van der Waals surface area contributed by atoms with E-state index in [0.29, 0.717) is 0 Å². The Morgan fingerprint density at radius 2 is 1.87 bits per heavy atom. The molecule has 0 radical (unpaired) electrons. The van der Waals surface area contributed by atoms with Crippen molar-refractivity contribution in [1.29, 1.82) is 0 Å². The highest BCUT2D eigenvalue weighted by Gasteiger charge is 2.09. The van der Waals surface area contributed by atoms with E-state index >= 15 is 0 Å². The zero-order valence-corrected chi connectivity index (χ0v) is 16.5. The van der Waals surface area contributed by atoms with Crippen LogP contribution in [-0.4, -0.2) is 63.8 Å². The summed E-state index contributed by atoms with van der Waals surface area (Å²) in [6.45, 7) is 8.74. The molecule has 130 valence electrons. The van der Waals surface area contributed by atoms with Crippen molar-refractivity contribution < 1.29 is 4.74 Å². The van der Waals surface area contributed by atoms with Gasteiger partial charge in [-0.2, -0.15) is 0 Å². The molecule has 0 saturated carbocycles. The summed E-state index contributed by atoms with van der Waals surface area (Å²) in [6, 6.07) is 8.52. The van der Waals surface area contributed by atoms with Crippen LogP contribution in [0.5, 0.6) is 0 Å². The topological polar surface area (TPSA) is 48.9 Å². The van der Waals surface area contributed by atoms with Gasteiger partial charge in [-0.1, -0.05) is 24.3 Å². The lowest BCUT2D eigenvalue weighted by molar-refractivity contribution is 0.0389. The molecule has 1 aromatic rings. The average Bonchev–Trinajstić information content (AvgIpc) is 2.56. The molecule has 0 aliphatic carbocycles. The first kappa shape index (κ1) is 20.2. The number of aliphatic imine (C=N–C) groups is 1. The van der Waals surface area contributed by atoms with Gasteiger partial charge in [0, 0.05) is 39.8 Å². The van der Waals surface area contributed by atoms with Crippen LogP contribution < -0.4 is 10.6 Å². The lowest BCUT2D eigenvalue weighted by Crippen LogP contribution is -2.44. The normalized spacial score (nSPS) is 15.8. The van der Waals surface area contributed by atoms with Crippen molar-refractivity contribution in [2.24, 2.45) is 4.99 Å². The third-order valence-electron chi connectivity index (χ3n) is 4.00. The highest BCUT2D eigenvalue weighted by Crippen LogP contribution is 2.06. The summed E-state index contributed by atoms with van der Waals surface area (Å²) in [5, 5.41) is 6.75. The number of ether oxygens (including phenoxy) is 1. The molecule has 0 bridgehead atoms. The van der Waals surface area contributed by atoms with Gasteiger partial charge < -0.3 is 15.4 Å². The molecule has 2 N–H and O–H groups in total. The Hall–Kier alpha value is -0.860. The van der Waals surface area contributed by atoms with Crippen molar-refractivity contribution >= 4 is 29.9 Å². The molecule has 0 amide bonds. The van der Waals surface area contributed by atoms with Gasteiger partial charge in [-0.15, -0.1) is 24.0 Å². The van der Waals surface area contributed by atoms with E-state index < -0.39 is 0 Å². The summed E-state index contributed by atoms with van der Waals surface area (Å²) in [6.07, 6.45) is 1.01. The standard InChI is InChI=1S/C17H28N4O.HI/c1-15-5-3-4-6-16(15)7-8-19-17(18-2)20-9-10-21-11-13-22-14-12-21;/h3-6H,7-14H2,1-2H3,(H2,18,19,20);1H. The van der Waals surface area contributed by atoms with Crippen molar-refractivity contribution in [2.45, 2.75) is 13.3 Å². The van der Waals surface area contributed by atoms with E-state index in [1.807, 2.05) is 7.05 Å². The van der Waals surface area contributed by atoms with E-state index in [-0.39, 0.29) is 24.0 Å². The van der Waals surface area contributed by atoms with Crippen LogP contribution in [0.3, 0.4) is 0 Å². The number of nitrogens with one attached hydrogen (secondary N) is 2. The van der Waals surface area contributed by atoms with Gasteiger partial charge in [-0.25, -0.2) is 0 Å². The number of benzene rings is 1. The number of morpholine rings is 1. The fraction of sp³-hybridized carbons (Fsp3) is 0.588. The lowest BCUT2D eigenvalue weighted by atomic mass is 10.1. The van der Waals surface area contributed by atoms with Crippen LogP contribution in [0.25, 0.3) is 0 Å². The number of halogens is 1. The predicted octanol–water partition coefficient (Wildman–Crippen LogP) is 1.65. The molecule has 1 saturated heterocycles. The van der Waals surface area contributed by atoms with Gasteiger partial charge >= 0.3 is 0 Å². The molecule has 6 heteroatoms. The number of nitrogens with zero attached hydrogens (tertiary/aromatic N) is 2. The van der Waals surface area contributed by atoms with Crippen LogP contribution in [0, 0.1) is 6.92 Å². The minimum Gasteiger partial charge on any atom is -0.379 e. The maximum atomic E-state index is 5.35. The second-order valence-corrected chi connectivity index (χ2v) is 5.56. The molecule has 1 aromatic carbocycles. The summed E-state index contributed by atoms with van der Waals surface area (Å²) >= 11 is 0. The molecule has 0 spiro atoms. The van der Waals surface area contributed by atoms with Crippen LogP contribution in [0.1, 0.15) is 11.1 Å². The minimum atomic E-state index is 0. The molecule has 23 heavy (non-hydrogen) atoms. The summed E-state index contributed by atoms with van der Waals surface area (Å²) in [5.74, 6) is 0.877. The molecule has 1 aliphatic heterocycles. The van der Waals surface area contributed by atoms with E-state index in [1.165, 1.54) is 11.1 Å². The minimum absolute atomic E-state index is 0. The average molecular weight is 432 g/mol. The zero-order chi connectivity index (χ0) is 15.6. The van der Waals surface area contributed by atoms with E-state index in [9.17, 15) is 0 Å². The van der Waals surface area contributed by atoms with Crippen molar-refractivity contribution in [2.75, 3.05) is 53.0 Å². The Bertz CT molecular complexity index is 475. The smallest absolute Gasteiger partial charge is 0.191 e. The number of rotatable bonds is 6. The van der Waals surface area contributed by atoms with E-state index in [4.69, 9.17) is 4.74 Å². The van der Waals surface area contributed by atoms with E-state index in [1.54, 1.807) is 0 Å². The van der Waals surface area contributed by atoms with Crippen LogP contribution in [0.2, 0.25) is 0 Å². The van der Waals surface area contributed by atoms with Crippen LogP contribution in [0.4, 0.5) is 0 Å². The Kier molecular flexibility index (Phi) is 10.2. The SMILES string of the molecule is CN=C(NCCc1ccccc1C)NCCN1CCOCC1.I. The lowest BCUT2D eigenvalue weighted by Gasteiger charge is -2.26. The summed E-state index contributed by atoms with van der Waals surface area (Å²) in [5.41, 5.74) is 2.73. The number of hydrogen-bond acceptors (Lipinski definition) is 3. The molecule has 2 rings (SSSR count). The Labute approximate surface area is 156 Å². The van der Waals surface area contributed by atoms with Crippen molar-refractivity contribution in [3.63, 3.8) is 0 Å². The van der Waals surface area contributed by atoms with Crippen molar-refractivity contribution in [3.05, 3.63) is 35.4 Å². The molecule has 0 atom stereocenters. The Morgan fingerprint density at radius 1 is 1.17 bits per heavy atom. The van der Waals surface area contributed by atoms with Crippen LogP contribution in [0.15, 0.2) is 29.3 Å². The van der Waals surface area contributed by atoms with E-state index in [0.717, 1.165) is 58.3 Å². The highest BCUT2D eigenvalue weighted by atomic mass is 127. The largest absolute Gasteiger partial charge is 0.379 e. The second kappa shape index (κ2) is 11.6. The monoisotopic (exact) mass is 432 g/mol. The Morgan fingerprint density at radius 3 is 2.57 bits per heavy atom. The molecule has 1 heterocycles. The molecule has 5 nitrogen and oxygen atoms in total. The summed E-state index contributed by atoms with van der Waals surface area (Å²) in [7, 11) is 1.82.